The average molecular weight is 300 g/mol. The van der Waals surface area contributed by atoms with Crippen LogP contribution in [-0.4, -0.2) is 27.6 Å². The Balaban J connectivity index is 1.91. The van der Waals surface area contributed by atoms with E-state index in [2.05, 4.69) is 15.5 Å². The quantitative estimate of drug-likeness (QED) is 0.806. The van der Waals surface area contributed by atoms with Gasteiger partial charge < -0.3 is 10.1 Å². The van der Waals surface area contributed by atoms with Crippen molar-refractivity contribution >= 4 is 17.2 Å². The van der Waals surface area contributed by atoms with Crippen LogP contribution >= 0.6 is 0 Å². The molecule has 2 aromatic heterocycles. The largest absolute Gasteiger partial charge is 0.494 e. The summed E-state index contributed by atoms with van der Waals surface area (Å²) in [5, 5.41) is 10.7. The van der Waals surface area contributed by atoms with Gasteiger partial charge in [-0.15, -0.1) is 10.2 Å². The SMILES string of the molecule is COc1ccc(C(=O)Nc2cccn3c(C)nnc23)cc1F. The zero-order chi connectivity index (χ0) is 15.7. The molecular formula is C15H13FN4O2. The number of nitrogens with zero attached hydrogens (tertiary/aromatic N) is 3. The molecule has 6 nitrogen and oxygen atoms in total. The van der Waals surface area contributed by atoms with Gasteiger partial charge in [0.25, 0.3) is 5.91 Å². The Morgan fingerprint density at radius 2 is 2.14 bits per heavy atom. The number of rotatable bonds is 3. The first-order chi connectivity index (χ1) is 10.6. The van der Waals surface area contributed by atoms with Crippen LogP contribution in [0.3, 0.4) is 0 Å². The van der Waals surface area contributed by atoms with Gasteiger partial charge in [0.05, 0.1) is 12.8 Å². The maximum Gasteiger partial charge on any atom is 0.255 e. The van der Waals surface area contributed by atoms with Gasteiger partial charge in [-0.1, -0.05) is 0 Å². The first-order valence-corrected chi connectivity index (χ1v) is 6.55. The zero-order valence-electron chi connectivity index (χ0n) is 12.0. The van der Waals surface area contributed by atoms with E-state index in [9.17, 15) is 9.18 Å². The van der Waals surface area contributed by atoms with Crippen LogP contribution < -0.4 is 10.1 Å². The molecule has 0 unspecified atom stereocenters. The Hall–Kier alpha value is -2.96. The second-order valence-electron chi connectivity index (χ2n) is 4.67. The zero-order valence-corrected chi connectivity index (χ0v) is 12.0. The van der Waals surface area contributed by atoms with E-state index in [4.69, 9.17) is 4.74 Å². The van der Waals surface area contributed by atoms with Gasteiger partial charge >= 0.3 is 0 Å². The fourth-order valence-corrected chi connectivity index (χ4v) is 2.13. The van der Waals surface area contributed by atoms with Crippen molar-refractivity contribution < 1.29 is 13.9 Å². The first kappa shape index (κ1) is 14.0. The van der Waals surface area contributed by atoms with E-state index in [1.165, 1.54) is 19.2 Å². The summed E-state index contributed by atoms with van der Waals surface area (Å²) in [5.41, 5.74) is 1.23. The lowest BCUT2D eigenvalue weighted by Crippen LogP contribution is -2.13. The second-order valence-corrected chi connectivity index (χ2v) is 4.67. The van der Waals surface area contributed by atoms with Crippen LogP contribution in [0.4, 0.5) is 10.1 Å². The number of aryl methyl sites for hydroxylation is 1. The van der Waals surface area contributed by atoms with E-state index in [0.29, 0.717) is 17.2 Å². The molecule has 1 amide bonds. The van der Waals surface area contributed by atoms with Crippen molar-refractivity contribution in [1.29, 1.82) is 0 Å². The van der Waals surface area contributed by atoms with E-state index >= 15 is 0 Å². The summed E-state index contributed by atoms with van der Waals surface area (Å²) < 4.78 is 20.3. The number of hydrogen-bond donors (Lipinski definition) is 1. The minimum absolute atomic E-state index is 0.0896. The molecule has 0 radical (unpaired) electrons. The summed E-state index contributed by atoms with van der Waals surface area (Å²) >= 11 is 0. The number of carbonyl (C=O) groups excluding carboxylic acids is 1. The second kappa shape index (κ2) is 5.44. The standard InChI is InChI=1S/C15H13FN4O2/c1-9-18-19-14-12(4-3-7-20(9)14)17-15(21)10-5-6-13(22-2)11(16)8-10/h3-8H,1-2H3,(H,17,21). The molecule has 0 aliphatic heterocycles. The number of aromatic nitrogens is 3. The molecule has 1 N–H and O–H groups in total. The van der Waals surface area contributed by atoms with Gasteiger partial charge in [0, 0.05) is 11.8 Å². The lowest BCUT2D eigenvalue weighted by molar-refractivity contribution is 0.102. The summed E-state index contributed by atoms with van der Waals surface area (Å²) in [6.07, 6.45) is 1.80. The van der Waals surface area contributed by atoms with E-state index < -0.39 is 11.7 Å². The van der Waals surface area contributed by atoms with Crippen LogP contribution in [0.15, 0.2) is 36.5 Å². The van der Waals surface area contributed by atoms with E-state index in [-0.39, 0.29) is 11.3 Å². The molecular weight excluding hydrogens is 287 g/mol. The summed E-state index contributed by atoms with van der Waals surface area (Å²) in [5.74, 6) is -0.227. The number of fused-ring (bicyclic) bond motifs is 1. The normalized spacial score (nSPS) is 10.7. The smallest absolute Gasteiger partial charge is 0.255 e. The Morgan fingerprint density at radius 1 is 1.32 bits per heavy atom. The number of methoxy groups -OCH3 is 1. The number of ether oxygens (including phenoxy) is 1. The molecule has 0 spiro atoms. The topological polar surface area (TPSA) is 68.5 Å². The van der Waals surface area contributed by atoms with E-state index in [1.54, 1.807) is 22.7 Å². The van der Waals surface area contributed by atoms with Crippen LogP contribution in [0.25, 0.3) is 5.65 Å². The van der Waals surface area contributed by atoms with Gasteiger partial charge in [-0.2, -0.15) is 0 Å². The number of halogens is 1. The highest BCUT2D eigenvalue weighted by atomic mass is 19.1. The summed E-state index contributed by atoms with van der Waals surface area (Å²) in [6, 6.07) is 7.51. The Morgan fingerprint density at radius 3 is 2.86 bits per heavy atom. The molecule has 2 heterocycles. The predicted molar refractivity (Wildman–Crippen MR) is 78.6 cm³/mol. The lowest BCUT2D eigenvalue weighted by Gasteiger charge is -2.08. The molecule has 112 valence electrons. The van der Waals surface area contributed by atoms with E-state index in [0.717, 1.165) is 6.07 Å². The molecule has 3 rings (SSSR count). The third kappa shape index (κ3) is 2.37. The van der Waals surface area contributed by atoms with E-state index in [1.807, 2.05) is 6.92 Å². The van der Waals surface area contributed by atoms with Crippen molar-refractivity contribution in [1.82, 2.24) is 14.6 Å². The number of anilines is 1. The number of hydrogen-bond acceptors (Lipinski definition) is 4. The Kier molecular flexibility index (Phi) is 3.46. The molecule has 0 saturated carbocycles. The highest BCUT2D eigenvalue weighted by molar-refractivity contribution is 6.06. The molecule has 1 aromatic carbocycles. The molecule has 7 heteroatoms. The van der Waals surface area contributed by atoms with Crippen LogP contribution in [0.2, 0.25) is 0 Å². The fourth-order valence-electron chi connectivity index (χ4n) is 2.13. The third-order valence-electron chi connectivity index (χ3n) is 3.27. The van der Waals surface area contributed by atoms with Crippen molar-refractivity contribution in [2.75, 3.05) is 12.4 Å². The molecule has 0 fully saturated rings. The van der Waals surface area contributed by atoms with Crippen molar-refractivity contribution in [2.24, 2.45) is 0 Å². The summed E-state index contributed by atoms with van der Waals surface area (Å²) in [7, 11) is 1.37. The van der Waals surface area contributed by atoms with Gasteiger partial charge in [-0.3, -0.25) is 9.20 Å². The summed E-state index contributed by atoms with van der Waals surface area (Å²) in [4.78, 5) is 12.2. The molecule has 0 bridgehead atoms. The molecule has 22 heavy (non-hydrogen) atoms. The van der Waals surface area contributed by atoms with Gasteiger partial charge in [0.1, 0.15) is 5.82 Å². The molecule has 0 aliphatic rings. The van der Waals surface area contributed by atoms with Gasteiger partial charge in [0.2, 0.25) is 0 Å². The summed E-state index contributed by atoms with van der Waals surface area (Å²) in [6.45, 7) is 1.81. The number of carbonyl (C=O) groups is 1. The number of amides is 1. The van der Waals surface area contributed by atoms with Gasteiger partial charge in [-0.25, -0.2) is 4.39 Å². The monoisotopic (exact) mass is 300 g/mol. The van der Waals surface area contributed by atoms with Crippen LogP contribution in [0.5, 0.6) is 5.75 Å². The minimum atomic E-state index is -0.591. The lowest BCUT2D eigenvalue weighted by atomic mass is 10.2. The highest BCUT2D eigenvalue weighted by Crippen LogP contribution is 2.20. The number of benzene rings is 1. The van der Waals surface area contributed by atoms with Crippen molar-refractivity contribution in [3.63, 3.8) is 0 Å². The maximum atomic E-state index is 13.7. The van der Waals surface area contributed by atoms with Crippen LogP contribution in [0.1, 0.15) is 16.2 Å². The van der Waals surface area contributed by atoms with Crippen molar-refractivity contribution in [3.8, 4) is 5.75 Å². The third-order valence-corrected chi connectivity index (χ3v) is 3.27. The van der Waals surface area contributed by atoms with Crippen LogP contribution in [0, 0.1) is 12.7 Å². The maximum absolute atomic E-state index is 13.7. The Bertz CT molecular complexity index is 860. The van der Waals surface area contributed by atoms with Crippen LogP contribution in [-0.2, 0) is 0 Å². The minimum Gasteiger partial charge on any atom is -0.494 e. The fraction of sp³-hybridized carbons (Fsp3) is 0.133. The first-order valence-electron chi connectivity index (χ1n) is 6.55. The number of pyridine rings is 1. The highest BCUT2D eigenvalue weighted by Gasteiger charge is 2.13. The van der Waals surface area contributed by atoms with Gasteiger partial charge in [0.15, 0.2) is 17.2 Å². The number of nitrogens with one attached hydrogen (secondary N) is 1. The van der Waals surface area contributed by atoms with Crippen molar-refractivity contribution in [3.05, 3.63) is 53.7 Å². The molecule has 0 saturated heterocycles. The van der Waals surface area contributed by atoms with Crippen molar-refractivity contribution in [2.45, 2.75) is 6.92 Å². The molecule has 0 aliphatic carbocycles. The predicted octanol–water partition coefficient (Wildman–Crippen LogP) is 2.44. The molecule has 0 atom stereocenters. The molecule has 3 aromatic rings. The Labute approximate surface area is 125 Å². The average Bonchev–Trinajstić information content (AvgIpc) is 2.90. The van der Waals surface area contributed by atoms with Gasteiger partial charge in [-0.05, 0) is 37.3 Å².